The number of nitrogens with zero attached hydrogens (tertiary/aromatic N) is 4. The largest absolute Gasteiger partial charge is 0.454 e. The highest BCUT2D eigenvalue weighted by molar-refractivity contribution is 6.65. The molecule has 0 fully saturated rings. The van der Waals surface area contributed by atoms with Crippen molar-refractivity contribution in [2.24, 2.45) is 0 Å². The quantitative estimate of drug-likeness (QED) is 0.183. The molecule has 0 aliphatic rings. The van der Waals surface area contributed by atoms with E-state index in [0.717, 1.165) is 11.1 Å². The van der Waals surface area contributed by atoms with Crippen molar-refractivity contribution in [3.05, 3.63) is 78.9 Å². The summed E-state index contributed by atoms with van der Waals surface area (Å²) in [7, 11) is 73.3. The van der Waals surface area contributed by atoms with Crippen LogP contribution >= 0.6 is 0 Å². The fraction of sp³-hybridized carbons (Fsp3) is 0. The van der Waals surface area contributed by atoms with Gasteiger partial charge in [-0.3, -0.25) is 0 Å². The molecular weight excluding hydrogens is 659 g/mol. The lowest BCUT2D eigenvalue weighted by Crippen LogP contribution is -2.42. The number of hydrogen-bond donors (Lipinski definition) is 0. The molecule has 6 aromatic carbocycles. The van der Waals surface area contributed by atoms with Crippen LogP contribution in [0.5, 0.6) is 0 Å². The van der Waals surface area contributed by atoms with Crippen molar-refractivity contribution in [3.63, 3.8) is 0 Å². The third-order valence-electron chi connectivity index (χ3n) is 10.0. The topological polar surface area (TPSA) is 56.7 Å². The second-order valence-electron chi connectivity index (χ2n) is 13.3. The first kappa shape index (κ1) is 35.4. The van der Waals surface area contributed by atoms with E-state index in [1.165, 1.54) is 12.1 Å². The third kappa shape index (κ3) is 5.20. The smallest absolute Gasteiger partial charge is 0.164 e. The van der Waals surface area contributed by atoms with E-state index in [1.54, 1.807) is 10.6 Å². The Labute approximate surface area is 331 Å². The molecule has 9 rings (SSSR count). The average Bonchev–Trinajstić information content (AvgIpc) is 3.74. The lowest BCUT2D eigenvalue weighted by molar-refractivity contribution is 0.670. The van der Waals surface area contributed by atoms with Crippen molar-refractivity contribution in [1.29, 1.82) is 0 Å². The number of aromatic nitrogens is 4. The van der Waals surface area contributed by atoms with Gasteiger partial charge in [0.2, 0.25) is 0 Å². The molecule has 9 aromatic rings. The van der Waals surface area contributed by atoms with Crippen LogP contribution in [0, 0.1) is 0 Å². The van der Waals surface area contributed by atoms with Crippen LogP contribution in [0.1, 0.15) is 0 Å². The first-order chi connectivity index (χ1) is 26.4. The minimum Gasteiger partial charge on any atom is -0.454 e. The number of benzene rings is 6. The van der Waals surface area contributed by atoms with Gasteiger partial charge in [-0.15, -0.1) is 16.4 Å². The number of hydrogen-bond acceptors (Lipinski definition) is 4. The standard InChI is InChI=1S/C39H13B11N4O/c40-17-11-16-22-28(47)30(49)31(50)34(54-32-20(43)12-18(41)26(45)24(32)25-27(46)19(42)13-21(44)33(25)54)36(22)55-35(16)29(48)23(17)39-52-37(14-7-3-1-4-8-14)51-38(53-39)15-9-5-2-6-10-15/h1-13H. The highest BCUT2D eigenvalue weighted by Gasteiger charge is 2.27. The van der Waals surface area contributed by atoms with E-state index in [2.05, 4.69) is 0 Å². The van der Waals surface area contributed by atoms with Crippen molar-refractivity contribution < 1.29 is 4.42 Å². The zero-order valence-electron chi connectivity index (χ0n) is 29.1. The zero-order valence-corrected chi connectivity index (χ0v) is 29.1. The molecule has 0 aliphatic carbocycles. The van der Waals surface area contributed by atoms with Gasteiger partial charge in [-0.1, -0.05) is 117 Å². The van der Waals surface area contributed by atoms with Crippen molar-refractivity contribution in [2.45, 2.75) is 0 Å². The average molecular weight is 672 g/mol. The van der Waals surface area contributed by atoms with Gasteiger partial charge >= 0.3 is 0 Å². The number of fused-ring (bicyclic) bond motifs is 6. The van der Waals surface area contributed by atoms with Crippen molar-refractivity contribution in [2.75, 3.05) is 0 Å². The van der Waals surface area contributed by atoms with E-state index in [-0.39, 0.29) is 82.8 Å². The second kappa shape index (κ2) is 12.9. The van der Waals surface area contributed by atoms with E-state index >= 15 is 0 Å². The Balaban J connectivity index is 1.40. The minimum atomic E-state index is 0.0525. The molecule has 0 atom stereocenters. The van der Waals surface area contributed by atoms with Crippen LogP contribution in [0.4, 0.5) is 0 Å². The molecule has 3 aromatic heterocycles. The fourth-order valence-electron chi connectivity index (χ4n) is 7.42. The summed E-state index contributed by atoms with van der Waals surface area (Å²) in [5, 5.41) is 1.65. The normalized spacial score (nSPS) is 11.7. The summed E-state index contributed by atoms with van der Waals surface area (Å²) < 4.78 is 8.39. The van der Waals surface area contributed by atoms with E-state index in [9.17, 15) is 0 Å². The Morgan fingerprint density at radius 1 is 0.418 bits per heavy atom. The summed E-state index contributed by atoms with van der Waals surface area (Å²) in [6.07, 6.45) is 0. The van der Waals surface area contributed by atoms with Crippen LogP contribution in [-0.4, -0.2) is 106 Å². The summed E-state index contributed by atoms with van der Waals surface area (Å²) in [5.74, 6) is 1.06. The molecule has 0 aliphatic heterocycles. The molecule has 0 unspecified atom stereocenters. The van der Waals surface area contributed by atoms with Gasteiger partial charge in [0.05, 0.1) is 5.69 Å². The van der Waals surface area contributed by atoms with Gasteiger partial charge in [0.15, 0.2) is 23.1 Å². The van der Waals surface area contributed by atoms with Crippen molar-refractivity contribution in [1.82, 2.24) is 19.5 Å². The van der Waals surface area contributed by atoms with E-state index in [0.29, 0.717) is 49.8 Å². The van der Waals surface area contributed by atoms with Crippen LogP contribution < -0.4 is 60.1 Å². The molecule has 228 valence electrons. The van der Waals surface area contributed by atoms with Crippen LogP contribution in [0.25, 0.3) is 83.6 Å². The van der Waals surface area contributed by atoms with E-state index < -0.39 is 0 Å². The Hall–Kier alpha value is -5.36. The molecule has 0 amide bonds. The zero-order chi connectivity index (χ0) is 38.6. The van der Waals surface area contributed by atoms with Crippen LogP contribution in [0.2, 0.25) is 0 Å². The van der Waals surface area contributed by atoms with Crippen LogP contribution in [-0.2, 0) is 0 Å². The first-order valence-electron chi connectivity index (χ1n) is 16.9. The molecule has 22 radical (unpaired) electrons. The lowest BCUT2D eigenvalue weighted by Gasteiger charge is -2.20. The van der Waals surface area contributed by atoms with Crippen LogP contribution in [0.3, 0.4) is 0 Å². The summed E-state index contributed by atoms with van der Waals surface area (Å²) in [4.78, 5) is 14.5. The molecule has 0 spiro atoms. The predicted molar refractivity (Wildman–Crippen MR) is 237 cm³/mol. The summed E-state index contributed by atoms with van der Waals surface area (Å²) >= 11 is 0. The molecule has 0 saturated carbocycles. The summed E-state index contributed by atoms with van der Waals surface area (Å²) in [6, 6.07) is 23.8. The van der Waals surface area contributed by atoms with Crippen LogP contribution in [0.15, 0.2) is 83.3 Å². The monoisotopic (exact) mass is 674 g/mol. The molecule has 0 bridgehead atoms. The van der Waals surface area contributed by atoms with Gasteiger partial charge in [-0.05, 0) is 16.2 Å². The molecule has 0 N–H and O–H groups in total. The Morgan fingerprint density at radius 3 is 1.42 bits per heavy atom. The molecule has 5 nitrogen and oxygen atoms in total. The summed E-state index contributed by atoms with van der Waals surface area (Å²) in [6.45, 7) is 0. The maximum Gasteiger partial charge on any atom is 0.164 e. The molecule has 3 heterocycles. The van der Waals surface area contributed by atoms with Gasteiger partial charge in [0.25, 0.3) is 0 Å². The minimum absolute atomic E-state index is 0.0525. The SMILES string of the molecule is [B]c1cc2c(oc3c(-n4c5c([B])cc([B])c([B])c5c5c([B])c([B])cc([B])c54)c([B])c([B])c([B])c32)c([B])c1-c1nc(-c2ccccc2)nc(-c2ccccc2)n1. The second-order valence-corrected chi connectivity index (χ2v) is 13.3. The molecule has 16 heteroatoms. The fourth-order valence-corrected chi connectivity index (χ4v) is 7.42. The van der Waals surface area contributed by atoms with Gasteiger partial charge in [0.1, 0.15) is 91.9 Å². The molecule has 0 saturated heterocycles. The highest BCUT2D eigenvalue weighted by atomic mass is 16.3. The van der Waals surface area contributed by atoms with Gasteiger partial charge < -0.3 is 8.98 Å². The van der Waals surface area contributed by atoms with Crippen molar-refractivity contribution in [3.8, 4) is 39.9 Å². The van der Waals surface area contributed by atoms with Crippen molar-refractivity contribution >= 4 is 190 Å². The van der Waals surface area contributed by atoms with Gasteiger partial charge in [0, 0.05) is 38.5 Å². The first-order valence-corrected chi connectivity index (χ1v) is 16.9. The number of rotatable bonds is 4. The Kier molecular flexibility index (Phi) is 8.27. The predicted octanol–water partition coefficient (Wildman–Crippen LogP) is -3.40. The van der Waals surface area contributed by atoms with Gasteiger partial charge in [-0.25, -0.2) is 15.0 Å². The molecule has 55 heavy (non-hydrogen) atoms. The maximum atomic E-state index is 7.01. The number of furan rings is 1. The van der Waals surface area contributed by atoms with E-state index in [4.69, 9.17) is 106 Å². The van der Waals surface area contributed by atoms with E-state index in [1.807, 2.05) is 60.7 Å². The maximum absolute atomic E-state index is 7.01. The molecular formula is C39H13B11N4O. The Morgan fingerprint density at radius 2 is 0.909 bits per heavy atom. The highest BCUT2D eigenvalue weighted by Crippen LogP contribution is 2.35. The summed E-state index contributed by atoms with van der Waals surface area (Å²) in [5.41, 5.74) is 5.20. The Bertz CT molecular complexity index is 2980. The van der Waals surface area contributed by atoms with Gasteiger partial charge in [-0.2, -0.15) is 0 Å². The lowest BCUT2D eigenvalue weighted by atomic mass is 9.69. The third-order valence-corrected chi connectivity index (χ3v) is 10.0.